The van der Waals surface area contributed by atoms with E-state index in [4.69, 9.17) is 4.74 Å². The highest BCUT2D eigenvalue weighted by molar-refractivity contribution is 7.89. The summed E-state index contributed by atoms with van der Waals surface area (Å²) >= 11 is 0. The van der Waals surface area contributed by atoms with E-state index in [1.165, 1.54) is 28.6 Å². The van der Waals surface area contributed by atoms with Crippen LogP contribution in [0.4, 0.5) is 0 Å². The van der Waals surface area contributed by atoms with Gasteiger partial charge in [0.2, 0.25) is 10.0 Å². The van der Waals surface area contributed by atoms with Crippen LogP contribution in [0.15, 0.2) is 71.9 Å². The average molecular weight is 453 g/mol. The van der Waals surface area contributed by atoms with E-state index in [-0.39, 0.29) is 10.5 Å². The first-order chi connectivity index (χ1) is 15.4. The Kier molecular flexibility index (Phi) is 6.25. The van der Waals surface area contributed by atoms with Gasteiger partial charge in [-0.15, -0.1) is 0 Å². The standard InChI is InChI=1S/C24H24N2O5S/c1-18-6-7-20(16-22(18)25-12-2-3-13-25)24(28)31-17-23(27)19-8-10-21(11-9-19)32(29,30)26-14-4-5-15-26/h2-3,6-13,16H,4-5,14-15,17H2,1H3. The number of nitrogens with zero attached hydrogens (tertiary/aromatic N) is 2. The molecule has 0 unspecified atom stereocenters. The number of hydrogen-bond acceptors (Lipinski definition) is 5. The van der Waals surface area contributed by atoms with Crippen LogP contribution in [-0.2, 0) is 14.8 Å². The Labute approximate surface area is 187 Å². The number of Topliss-reactive ketones (excluding diaryl/α,β-unsaturated/α-hetero) is 1. The zero-order valence-corrected chi connectivity index (χ0v) is 18.5. The zero-order chi connectivity index (χ0) is 22.7. The Hall–Kier alpha value is -3.23. The van der Waals surface area contributed by atoms with E-state index in [1.807, 2.05) is 42.1 Å². The van der Waals surface area contributed by atoms with E-state index in [0.29, 0.717) is 18.7 Å². The monoisotopic (exact) mass is 452 g/mol. The number of ether oxygens (including phenoxy) is 1. The number of benzene rings is 2. The second-order valence-corrected chi connectivity index (χ2v) is 9.66. The van der Waals surface area contributed by atoms with E-state index in [9.17, 15) is 18.0 Å². The molecule has 7 nitrogen and oxygen atoms in total. The molecule has 1 aliphatic heterocycles. The molecule has 32 heavy (non-hydrogen) atoms. The maximum atomic E-state index is 12.6. The molecule has 0 radical (unpaired) electrons. The summed E-state index contributed by atoms with van der Waals surface area (Å²) < 4.78 is 33.8. The van der Waals surface area contributed by atoms with E-state index < -0.39 is 28.4 Å². The predicted octanol–water partition coefficient (Wildman–Crippen LogP) is 3.61. The Balaban J connectivity index is 1.40. The number of aryl methyl sites for hydroxylation is 1. The fourth-order valence-electron chi connectivity index (χ4n) is 3.70. The number of carbonyl (C=O) groups excluding carboxylic acids is 2. The molecule has 2 aromatic carbocycles. The fraction of sp³-hybridized carbons (Fsp3) is 0.250. The molecular weight excluding hydrogens is 428 g/mol. The molecule has 0 atom stereocenters. The predicted molar refractivity (Wildman–Crippen MR) is 120 cm³/mol. The quantitative estimate of drug-likeness (QED) is 0.404. The Morgan fingerprint density at radius 1 is 0.938 bits per heavy atom. The molecule has 0 amide bonds. The highest BCUT2D eigenvalue weighted by atomic mass is 32.2. The SMILES string of the molecule is Cc1ccc(C(=O)OCC(=O)c2ccc(S(=O)(=O)N3CCCC3)cc2)cc1-n1cccc1. The molecule has 0 N–H and O–H groups in total. The minimum atomic E-state index is -3.53. The van der Waals surface area contributed by atoms with Crippen molar-refractivity contribution in [1.29, 1.82) is 0 Å². The van der Waals surface area contributed by atoms with E-state index in [0.717, 1.165) is 24.1 Å². The van der Waals surface area contributed by atoms with Crippen molar-refractivity contribution in [3.63, 3.8) is 0 Å². The van der Waals surface area contributed by atoms with Gasteiger partial charge in [-0.1, -0.05) is 6.07 Å². The van der Waals surface area contributed by atoms with Gasteiger partial charge in [0, 0.05) is 36.7 Å². The first-order valence-corrected chi connectivity index (χ1v) is 11.8. The Bertz CT molecular complexity index is 1230. The summed E-state index contributed by atoms with van der Waals surface area (Å²) in [6.45, 7) is 2.55. The van der Waals surface area contributed by atoms with Crippen LogP contribution in [0.5, 0.6) is 0 Å². The van der Waals surface area contributed by atoms with Crippen LogP contribution < -0.4 is 0 Å². The summed E-state index contributed by atoms with van der Waals surface area (Å²) in [6.07, 6.45) is 5.48. The van der Waals surface area contributed by atoms with Gasteiger partial charge in [0.05, 0.1) is 10.5 Å². The number of sulfonamides is 1. The first-order valence-electron chi connectivity index (χ1n) is 10.4. The van der Waals surface area contributed by atoms with Crippen molar-refractivity contribution in [2.45, 2.75) is 24.7 Å². The molecule has 2 heterocycles. The van der Waals surface area contributed by atoms with Crippen LogP contribution in [0.1, 0.15) is 39.1 Å². The van der Waals surface area contributed by atoms with Crippen LogP contribution in [0.25, 0.3) is 5.69 Å². The van der Waals surface area contributed by atoms with E-state index in [1.54, 1.807) is 12.1 Å². The van der Waals surface area contributed by atoms with Crippen molar-refractivity contribution < 1.29 is 22.7 Å². The fourth-order valence-corrected chi connectivity index (χ4v) is 5.21. The van der Waals surface area contributed by atoms with Crippen LogP contribution >= 0.6 is 0 Å². The zero-order valence-electron chi connectivity index (χ0n) is 17.7. The Morgan fingerprint density at radius 3 is 2.22 bits per heavy atom. The van der Waals surface area contributed by atoms with Crippen molar-refractivity contribution in [3.05, 3.63) is 83.7 Å². The van der Waals surface area contributed by atoms with Crippen LogP contribution in [-0.4, -0.2) is 48.7 Å². The highest BCUT2D eigenvalue weighted by Gasteiger charge is 2.27. The van der Waals surface area contributed by atoms with E-state index >= 15 is 0 Å². The molecule has 166 valence electrons. The van der Waals surface area contributed by atoms with Crippen molar-refractivity contribution >= 4 is 21.8 Å². The summed E-state index contributed by atoms with van der Waals surface area (Å²) in [5.74, 6) is -0.999. The van der Waals surface area contributed by atoms with Gasteiger partial charge >= 0.3 is 5.97 Å². The third kappa shape index (κ3) is 4.51. The molecule has 1 fully saturated rings. The molecule has 3 aromatic rings. The minimum absolute atomic E-state index is 0.158. The second kappa shape index (κ2) is 9.10. The minimum Gasteiger partial charge on any atom is -0.454 e. The topological polar surface area (TPSA) is 85.7 Å². The van der Waals surface area contributed by atoms with Gasteiger partial charge in [0.25, 0.3) is 0 Å². The van der Waals surface area contributed by atoms with Crippen LogP contribution in [0.3, 0.4) is 0 Å². The lowest BCUT2D eigenvalue weighted by Gasteiger charge is -2.15. The number of carbonyl (C=O) groups is 2. The number of aromatic nitrogens is 1. The lowest BCUT2D eigenvalue weighted by molar-refractivity contribution is 0.0474. The molecule has 0 saturated carbocycles. The van der Waals surface area contributed by atoms with Gasteiger partial charge < -0.3 is 9.30 Å². The lowest BCUT2D eigenvalue weighted by Crippen LogP contribution is -2.27. The van der Waals surface area contributed by atoms with Gasteiger partial charge in [-0.3, -0.25) is 4.79 Å². The number of rotatable bonds is 7. The number of esters is 1. The molecule has 1 aromatic heterocycles. The first kappa shape index (κ1) is 22.0. The molecule has 4 rings (SSSR count). The third-order valence-electron chi connectivity index (χ3n) is 5.54. The smallest absolute Gasteiger partial charge is 0.338 e. The average Bonchev–Trinajstić information content (AvgIpc) is 3.52. The van der Waals surface area contributed by atoms with Crippen molar-refractivity contribution in [2.75, 3.05) is 19.7 Å². The van der Waals surface area contributed by atoms with Gasteiger partial charge in [0.1, 0.15) is 0 Å². The summed E-state index contributed by atoms with van der Waals surface area (Å²) in [6, 6.07) is 14.7. The Morgan fingerprint density at radius 2 is 1.56 bits per heavy atom. The second-order valence-electron chi connectivity index (χ2n) is 7.73. The van der Waals surface area contributed by atoms with Crippen molar-refractivity contribution in [2.24, 2.45) is 0 Å². The molecular formula is C24H24N2O5S. The summed E-state index contributed by atoms with van der Waals surface area (Å²) in [5, 5.41) is 0. The molecule has 1 aliphatic rings. The molecule has 0 aliphatic carbocycles. The van der Waals surface area contributed by atoms with Gasteiger partial charge in [-0.2, -0.15) is 4.31 Å². The highest BCUT2D eigenvalue weighted by Crippen LogP contribution is 2.21. The maximum Gasteiger partial charge on any atom is 0.338 e. The van der Waals surface area contributed by atoms with Crippen molar-refractivity contribution in [1.82, 2.24) is 8.87 Å². The molecule has 1 saturated heterocycles. The summed E-state index contributed by atoms with van der Waals surface area (Å²) in [4.78, 5) is 25.1. The number of hydrogen-bond donors (Lipinski definition) is 0. The molecule has 0 bridgehead atoms. The van der Waals surface area contributed by atoms with Crippen LogP contribution in [0, 0.1) is 6.92 Å². The van der Waals surface area contributed by atoms with Crippen LogP contribution in [0.2, 0.25) is 0 Å². The largest absolute Gasteiger partial charge is 0.454 e. The van der Waals surface area contributed by atoms with Gasteiger partial charge in [0.15, 0.2) is 12.4 Å². The van der Waals surface area contributed by atoms with Crippen molar-refractivity contribution in [3.8, 4) is 5.69 Å². The molecule has 8 heteroatoms. The normalized spacial score (nSPS) is 14.4. The number of ketones is 1. The summed E-state index contributed by atoms with van der Waals surface area (Å²) in [7, 11) is -3.53. The molecule has 0 spiro atoms. The maximum absolute atomic E-state index is 12.6. The van der Waals surface area contributed by atoms with Gasteiger partial charge in [-0.25, -0.2) is 13.2 Å². The third-order valence-corrected chi connectivity index (χ3v) is 7.45. The van der Waals surface area contributed by atoms with E-state index in [2.05, 4.69) is 0 Å². The summed E-state index contributed by atoms with van der Waals surface area (Å²) in [5.41, 5.74) is 2.48. The van der Waals surface area contributed by atoms with Gasteiger partial charge in [-0.05, 0) is 73.9 Å². The lowest BCUT2D eigenvalue weighted by atomic mass is 10.1.